The highest BCUT2D eigenvalue weighted by Gasteiger charge is 2.57. The first-order chi connectivity index (χ1) is 35.5. The standard InChI is InChI=1S/C54H69N11O9/c1-31(66)58-39-24-18-34-15-21-36-37(22-16-33-17-23-38(39)46(34)45(33)36)51(71)65-30-54(53(74)62-43(49(69)63-54)28-32-13-19-35(20-14-32)64(2)3)29-44(65)50(70)60-41(11-5-8-26-56)47(67)59-40(10-4-7-25-55)48(68)61-42(52(72)73)12-6-9-27-57/h13-24,40-44H,4-12,25-30,55-57H2,1-3H3,(H,58,66)(H,59,67)(H,60,70)(H,61,68)(H,62,74)(H,63,69)(H,72,73)/t40-,41-,42-,43-,44-,54-/m0/s1. The molecule has 20 heteroatoms. The van der Waals surface area contributed by atoms with Gasteiger partial charge >= 0.3 is 5.97 Å². The van der Waals surface area contributed by atoms with E-state index in [1.807, 2.05) is 79.7 Å². The van der Waals surface area contributed by atoms with E-state index >= 15 is 9.59 Å². The van der Waals surface area contributed by atoms with E-state index in [2.05, 4.69) is 31.9 Å². The third kappa shape index (κ3) is 12.2. The highest BCUT2D eigenvalue weighted by atomic mass is 16.4. The van der Waals surface area contributed by atoms with E-state index in [4.69, 9.17) is 17.2 Å². The molecule has 13 N–H and O–H groups in total. The SMILES string of the molecule is CC(=O)Nc1ccc2ccc3c(C(=O)N4C[C@]5(C[C@H]4C(=O)N[C@@H](CCCCN)C(=O)N[C@@H](CCCCN)C(=O)N[C@@H](CCCCN)C(=O)O)NC(=O)[C@H](Cc4ccc(N(C)C)cc4)NC5=O)ccc4ccc1c2c43. The summed E-state index contributed by atoms with van der Waals surface area (Å²) in [4.78, 5) is 115. The molecule has 0 unspecified atom stereocenters. The van der Waals surface area contributed by atoms with Crippen LogP contribution in [0.4, 0.5) is 11.4 Å². The van der Waals surface area contributed by atoms with E-state index in [0.29, 0.717) is 62.7 Å². The maximum atomic E-state index is 15.4. The first-order valence-corrected chi connectivity index (χ1v) is 25.4. The summed E-state index contributed by atoms with van der Waals surface area (Å²) in [5.41, 5.74) is 18.0. The van der Waals surface area contributed by atoms with Crippen molar-refractivity contribution in [3.8, 4) is 0 Å². The van der Waals surface area contributed by atoms with Crippen LogP contribution in [0, 0.1) is 0 Å². The number of carboxylic acid groups (broad SMARTS) is 1. The van der Waals surface area contributed by atoms with Gasteiger partial charge in [0.25, 0.3) is 5.91 Å². The third-order valence-corrected chi connectivity index (χ3v) is 14.2. The van der Waals surface area contributed by atoms with Gasteiger partial charge in [0.1, 0.15) is 35.7 Å². The van der Waals surface area contributed by atoms with Crippen molar-refractivity contribution in [2.75, 3.05) is 50.5 Å². The van der Waals surface area contributed by atoms with Crippen LogP contribution in [-0.4, -0.2) is 133 Å². The number of carboxylic acids is 1. The number of hydrogen-bond donors (Lipinski definition) is 10. The van der Waals surface area contributed by atoms with Crippen molar-refractivity contribution in [1.82, 2.24) is 31.5 Å². The minimum absolute atomic E-state index is 0.0679. The van der Waals surface area contributed by atoms with Gasteiger partial charge in [0.2, 0.25) is 35.4 Å². The molecule has 2 saturated heterocycles. The Morgan fingerprint density at radius 1 is 0.716 bits per heavy atom. The van der Waals surface area contributed by atoms with Crippen LogP contribution in [0.1, 0.15) is 87.1 Å². The van der Waals surface area contributed by atoms with E-state index < -0.39 is 83.7 Å². The second kappa shape index (κ2) is 24.1. The Kier molecular flexibility index (Phi) is 17.7. The molecule has 0 saturated carbocycles. The van der Waals surface area contributed by atoms with Gasteiger partial charge in [-0.05, 0) is 134 Å². The Morgan fingerprint density at radius 2 is 1.26 bits per heavy atom. The smallest absolute Gasteiger partial charge is 0.326 e. The summed E-state index contributed by atoms with van der Waals surface area (Å²) >= 11 is 0. The average molecular weight is 1020 g/mol. The molecule has 7 rings (SSSR count). The zero-order valence-corrected chi connectivity index (χ0v) is 42.3. The topological polar surface area (TPSA) is 314 Å². The van der Waals surface area contributed by atoms with Crippen LogP contribution in [0.2, 0.25) is 0 Å². The monoisotopic (exact) mass is 1020 g/mol. The fraction of sp³-hybridized carbons (Fsp3) is 0.444. The number of benzene rings is 5. The van der Waals surface area contributed by atoms with E-state index in [9.17, 15) is 33.9 Å². The predicted octanol–water partition coefficient (Wildman–Crippen LogP) is 2.35. The van der Waals surface area contributed by atoms with E-state index in [0.717, 1.165) is 38.2 Å². The summed E-state index contributed by atoms with van der Waals surface area (Å²) in [6.07, 6.45) is 2.93. The molecule has 2 heterocycles. The molecule has 0 aromatic heterocycles. The van der Waals surface area contributed by atoms with Crippen LogP contribution in [0.3, 0.4) is 0 Å². The molecule has 5 aromatic carbocycles. The Bertz CT molecular complexity index is 2890. The molecule has 74 heavy (non-hydrogen) atoms. The van der Waals surface area contributed by atoms with Gasteiger partial charge in [0, 0.05) is 56.2 Å². The number of nitrogens with one attached hydrogen (secondary N) is 6. The van der Waals surface area contributed by atoms with Crippen LogP contribution in [-0.2, 0) is 40.0 Å². The Labute approximate surface area is 429 Å². The number of amides is 7. The number of carbonyl (C=O) groups excluding carboxylic acids is 7. The summed E-state index contributed by atoms with van der Waals surface area (Å²) in [6.45, 7) is 1.97. The van der Waals surface area contributed by atoms with Crippen molar-refractivity contribution < 1.29 is 43.5 Å². The lowest BCUT2D eigenvalue weighted by atomic mass is 9.89. The fourth-order valence-corrected chi connectivity index (χ4v) is 10.2. The molecular formula is C54H69N11O9. The number of rotatable bonds is 24. The van der Waals surface area contributed by atoms with E-state index in [1.165, 1.54) is 11.8 Å². The van der Waals surface area contributed by atoms with Gasteiger partial charge in [0.05, 0.1) is 6.54 Å². The minimum Gasteiger partial charge on any atom is -0.480 e. The molecule has 394 valence electrons. The van der Waals surface area contributed by atoms with Crippen molar-refractivity contribution in [3.63, 3.8) is 0 Å². The molecule has 20 nitrogen and oxygen atoms in total. The molecule has 7 amide bonds. The summed E-state index contributed by atoms with van der Waals surface area (Å²) in [5.74, 6) is -5.46. The molecule has 0 bridgehead atoms. The maximum Gasteiger partial charge on any atom is 0.326 e. The summed E-state index contributed by atoms with van der Waals surface area (Å²) in [7, 11) is 3.82. The Hall–Kier alpha value is -7.42. The molecule has 2 aliphatic rings. The summed E-state index contributed by atoms with van der Waals surface area (Å²) < 4.78 is 0. The quantitative estimate of drug-likeness (QED) is 0.0314. The third-order valence-electron chi connectivity index (χ3n) is 14.2. The normalized spacial score (nSPS) is 18.7. The van der Waals surface area contributed by atoms with Crippen LogP contribution < -0.4 is 54.0 Å². The number of anilines is 2. The molecule has 1 spiro atoms. The van der Waals surface area contributed by atoms with Gasteiger partial charge in [-0.3, -0.25) is 33.6 Å². The maximum absolute atomic E-state index is 15.4. The van der Waals surface area contributed by atoms with Gasteiger partial charge in [-0.2, -0.15) is 0 Å². The lowest BCUT2D eigenvalue weighted by molar-refractivity contribution is -0.142. The zero-order valence-electron chi connectivity index (χ0n) is 42.3. The first kappa shape index (κ1) is 54.4. The predicted molar refractivity (Wildman–Crippen MR) is 283 cm³/mol. The van der Waals surface area contributed by atoms with Gasteiger partial charge in [0.15, 0.2) is 0 Å². The number of nitrogens with two attached hydrogens (primary N) is 3. The number of piperazine rings is 1. The largest absolute Gasteiger partial charge is 0.480 e. The molecule has 2 aliphatic heterocycles. The molecule has 5 aromatic rings. The van der Waals surface area contributed by atoms with Gasteiger partial charge in [-0.15, -0.1) is 0 Å². The second-order valence-corrected chi connectivity index (χ2v) is 19.7. The highest BCUT2D eigenvalue weighted by Crippen LogP contribution is 2.40. The molecular weight excluding hydrogens is 947 g/mol. The van der Waals surface area contributed by atoms with Crippen molar-refractivity contribution in [1.29, 1.82) is 0 Å². The molecule has 0 radical (unpaired) electrons. The van der Waals surface area contributed by atoms with Crippen molar-refractivity contribution in [2.24, 2.45) is 17.2 Å². The van der Waals surface area contributed by atoms with Crippen molar-refractivity contribution in [3.05, 3.63) is 83.9 Å². The Morgan fingerprint density at radius 3 is 1.84 bits per heavy atom. The second-order valence-electron chi connectivity index (χ2n) is 19.7. The zero-order chi connectivity index (χ0) is 53.3. The van der Waals surface area contributed by atoms with Crippen LogP contribution in [0.5, 0.6) is 0 Å². The average Bonchev–Trinajstić information content (AvgIpc) is 3.76. The van der Waals surface area contributed by atoms with E-state index in [1.54, 1.807) is 12.1 Å². The van der Waals surface area contributed by atoms with Gasteiger partial charge in [-0.25, -0.2) is 4.79 Å². The number of hydrogen-bond acceptors (Lipinski definition) is 12. The number of unbranched alkanes of at least 4 members (excludes halogenated alkanes) is 3. The van der Waals surface area contributed by atoms with Gasteiger partial charge in [-0.1, -0.05) is 48.5 Å². The molecule has 2 fully saturated rings. The molecule has 6 atom stereocenters. The highest BCUT2D eigenvalue weighted by molar-refractivity contribution is 6.28. The summed E-state index contributed by atoms with van der Waals surface area (Å²) in [5, 5.41) is 31.3. The number of carbonyl (C=O) groups is 8. The van der Waals surface area contributed by atoms with Crippen LogP contribution in [0.15, 0.2) is 72.8 Å². The summed E-state index contributed by atoms with van der Waals surface area (Å²) in [6, 6.07) is 16.1. The number of aliphatic carboxylic acids is 1. The lowest BCUT2D eigenvalue weighted by Gasteiger charge is -2.37. The number of nitrogens with zero attached hydrogens (tertiary/aromatic N) is 2. The van der Waals surface area contributed by atoms with Crippen molar-refractivity contribution >= 4 is 91.0 Å². The van der Waals surface area contributed by atoms with Crippen molar-refractivity contribution in [2.45, 2.75) is 113 Å². The first-order valence-electron chi connectivity index (χ1n) is 25.4. The Balaban J connectivity index is 1.22. The van der Waals surface area contributed by atoms with Crippen LogP contribution >= 0.6 is 0 Å². The number of likely N-dealkylation sites (tertiary alicyclic amines) is 1. The lowest BCUT2D eigenvalue weighted by Crippen LogP contribution is -2.70. The minimum atomic E-state index is -1.76. The van der Waals surface area contributed by atoms with Crippen LogP contribution in [0.25, 0.3) is 32.3 Å². The fourth-order valence-electron chi connectivity index (χ4n) is 10.2. The van der Waals surface area contributed by atoms with Gasteiger partial charge < -0.3 is 64.0 Å². The van der Waals surface area contributed by atoms with E-state index in [-0.39, 0.29) is 50.1 Å². The molecule has 0 aliphatic carbocycles.